The predicted molar refractivity (Wildman–Crippen MR) is 110 cm³/mol. The van der Waals surface area contributed by atoms with Crippen molar-refractivity contribution in [3.63, 3.8) is 0 Å². The molecular weight excluding hydrogens is 360 g/mol. The molecule has 0 heterocycles. The minimum absolute atomic E-state index is 0.234. The molecular formula is C21H26N2O3S. The molecule has 2 aromatic rings. The molecule has 0 atom stereocenters. The maximum Gasteiger partial charge on any atom is 0.248 e. The monoisotopic (exact) mass is 386 g/mol. The van der Waals surface area contributed by atoms with Crippen LogP contribution in [0.2, 0.25) is 0 Å². The largest absolute Gasteiger partial charge is 0.322 e. The number of nitrogens with zero attached hydrogens (tertiary/aromatic N) is 1. The fourth-order valence-corrected chi connectivity index (χ4v) is 4.22. The Kier molecular flexibility index (Phi) is 6.93. The molecule has 27 heavy (non-hydrogen) atoms. The van der Waals surface area contributed by atoms with Gasteiger partial charge in [0.25, 0.3) is 0 Å². The molecule has 0 radical (unpaired) electrons. The second kappa shape index (κ2) is 8.97. The number of sulfonamides is 1. The van der Waals surface area contributed by atoms with Crippen molar-refractivity contribution in [1.29, 1.82) is 0 Å². The van der Waals surface area contributed by atoms with E-state index in [1.54, 1.807) is 30.3 Å². The van der Waals surface area contributed by atoms with Gasteiger partial charge in [-0.25, -0.2) is 8.42 Å². The topological polar surface area (TPSA) is 66.5 Å². The maximum absolute atomic E-state index is 12.5. The van der Waals surface area contributed by atoms with Gasteiger partial charge < -0.3 is 5.32 Å². The Labute approximate surface area is 161 Å². The molecule has 0 spiro atoms. The highest BCUT2D eigenvalue weighted by Gasteiger charge is 2.20. The van der Waals surface area contributed by atoms with Gasteiger partial charge in [-0.1, -0.05) is 43.7 Å². The molecule has 0 fully saturated rings. The Morgan fingerprint density at radius 3 is 2.22 bits per heavy atom. The normalized spacial score (nSPS) is 11.9. The van der Waals surface area contributed by atoms with Gasteiger partial charge in [0, 0.05) is 24.9 Å². The van der Waals surface area contributed by atoms with E-state index in [1.165, 1.54) is 10.4 Å². The van der Waals surface area contributed by atoms with Gasteiger partial charge >= 0.3 is 0 Å². The molecule has 0 aliphatic heterocycles. The number of amides is 1. The molecule has 0 bridgehead atoms. The lowest BCUT2D eigenvalue weighted by Crippen LogP contribution is -2.30. The first kappa shape index (κ1) is 20.9. The minimum Gasteiger partial charge on any atom is -0.322 e. The fraction of sp³-hybridized carbons (Fsp3) is 0.286. The van der Waals surface area contributed by atoms with Crippen molar-refractivity contribution < 1.29 is 13.2 Å². The van der Waals surface area contributed by atoms with Crippen LogP contribution in [0.15, 0.2) is 53.4 Å². The fourth-order valence-electron chi connectivity index (χ4n) is 2.76. The van der Waals surface area contributed by atoms with E-state index in [2.05, 4.69) is 5.32 Å². The van der Waals surface area contributed by atoms with Crippen molar-refractivity contribution in [2.24, 2.45) is 0 Å². The van der Waals surface area contributed by atoms with Crippen LogP contribution in [0, 0.1) is 13.8 Å². The lowest BCUT2D eigenvalue weighted by atomic mass is 10.1. The first-order valence-electron chi connectivity index (χ1n) is 8.94. The third kappa shape index (κ3) is 5.28. The summed E-state index contributed by atoms with van der Waals surface area (Å²) in [6.07, 6.45) is 3.10. The zero-order chi connectivity index (χ0) is 20.0. The van der Waals surface area contributed by atoms with Gasteiger partial charge in [-0.2, -0.15) is 4.31 Å². The van der Waals surface area contributed by atoms with Gasteiger partial charge in [-0.05, 0) is 49.2 Å². The van der Waals surface area contributed by atoms with E-state index in [1.807, 2.05) is 45.9 Å². The number of carbonyl (C=O) groups is 1. The van der Waals surface area contributed by atoms with Gasteiger partial charge in [-0.15, -0.1) is 0 Å². The van der Waals surface area contributed by atoms with Gasteiger partial charge in [0.05, 0.1) is 4.90 Å². The molecule has 0 aliphatic rings. The lowest BCUT2D eigenvalue weighted by Gasteiger charge is -2.18. The van der Waals surface area contributed by atoms with Crippen LogP contribution in [0.5, 0.6) is 0 Å². The summed E-state index contributed by atoms with van der Waals surface area (Å²) >= 11 is 0. The molecule has 0 aromatic heterocycles. The molecule has 6 heteroatoms. The van der Waals surface area contributed by atoms with Crippen LogP contribution in [-0.2, 0) is 14.8 Å². The van der Waals surface area contributed by atoms with Crippen molar-refractivity contribution in [3.05, 3.63) is 65.2 Å². The molecule has 2 rings (SSSR count). The first-order valence-corrected chi connectivity index (χ1v) is 10.4. The molecule has 1 amide bonds. The summed E-state index contributed by atoms with van der Waals surface area (Å²) in [4.78, 5) is 12.4. The third-order valence-corrected chi connectivity index (χ3v) is 6.35. The average molecular weight is 387 g/mol. The predicted octanol–water partition coefficient (Wildman–Crippen LogP) is 3.99. The van der Waals surface area contributed by atoms with Crippen molar-refractivity contribution >= 4 is 27.7 Å². The third-order valence-electron chi connectivity index (χ3n) is 4.29. The van der Waals surface area contributed by atoms with Crippen molar-refractivity contribution in [1.82, 2.24) is 4.31 Å². The minimum atomic E-state index is -3.47. The zero-order valence-electron chi connectivity index (χ0n) is 16.2. The van der Waals surface area contributed by atoms with Gasteiger partial charge in [0.1, 0.15) is 0 Å². The van der Waals surface area contributed by atoms with E-state index in [9.17, 15) is 13.2 Å². The molecule has 0 saturated heterocycles. The summed E-state index contributed by atoms with van der Waals surface area (Å²) in [5, 5.41) is 2.85. The Morgan fingerprint density at radius 2 is 1.67 bits per heavy atom. The zero-order valence-corrected chi connectivity index (χ0v) is 17.0. The molecule has 1 N–H and O–H groups in total. The molecule has 0 saturated carbocycles. The number of nitrogens with one attached hydrogen (secondary N) is 1. The number of hydrogen-bond donors (Lipinski definition) is 1. The first-order chi connectivity index (χ1) is 12.8. The van der Waals surface area contributed by atoms with E-state index >= 15 is 0 Å². The standard InChI is InChI=1S/C21H26N2O3S/c1-5-23(6-2)27(25,26)19-11-8-18(9-12-19)10-14-21(24)22-20-13-7-16(3)15-17(20)4/h7-15H,5-6H2,1-4H3,(H,22,24). The second-order valence-electron chi connectivity index (χ2n) is 6.30. The number of anilines is 1. The summed E-state index contributed by atoms with van der Waals surface area (Å²) < 4.78 is 26.4. The van der Waals surface area contributed by atoms with E-state index in [0.29, 0.717) is 13.1 Å². The second-order valence-corrected chi connectivity index (χ2v) is 8.24. The van der Waals surface area contributed by atoms with Crippen LogP contribution in [0.1, 0.15) is 30.5 Å². The quantitative estimate of drug-likeness (QED) is 0.732. The highest BCUT2D eigenvalue weighted by atomic mass is 32.2. The van der Waals surface area contributed by atoms with Gasteiger partial charge in [0.2, 0.25) is 15.9 Å². The highest BCUT2D eigenvalue weighted by Crippen LogP contribution is 2.18. The Balaban J connectivity index is 2.08. The number of carbonyl (C=O) groups excluding carboxylic acids is 1. The molecule has 144 valence electrons. The summed E-state index contributed by atoms with van der Waals surface area (Å²) in [7, 11) is -3.47. The Hall–Kier alpha value is -2.44. The maximum atomic E-state index is 12.5. The van der Waals surface area contributed by atoms with Crippen LogP contribution in [-0.4, -0.2) is 31.7 Å². The Morgan fingerprint density at radius 1 is 1.04 bits per heavy atom. The van der Waals surface area contributed by atoms with Crippen molar-refractivity contribution in [2.75, 3.05) is 18.4 Å². The SMILES string of the molecule is CCN(CC)S(=O)(=O)c1ccc(C=CC(=O)Nc2ccc(C)cc2C)cc1. The van der Waals surface area contributed by atoms with Crippen LogP contribution >= 0.6 is 0 Å². The van der Waals surface area contributed by atoms with Gasteiger partial charge in [0.15, 0.2) is 0 Å². The van der Waals surface area contributed by atoms with Crippen LogP contribution in [0.25, 0.3) is 6.08 Å². The van der Waals surface area contributed by atoms with E-state index in [-0.39, 0.29) is 10.8 Å². The van der Waals surface area contributed by atoms with Crippen LogP contribution < -0.4 is 5.32 Å². The van der Waals surface area contributed by atoms with Crippen LogP contribution in [0.3, 0.4) is 0 Å². The van der Waals surface area contributed by atoms with Gasteiger partial charge in [-0.3, -0.25) is 4.79 Å². The van der Waals surface area contributed by atoms with E-state index in [4.69, 9.17) is 0 Å². The molecule has 0 aliphatic carbocycles. The van der Waals surface area contributed by atoms with Crippen molar-refractivity contribution in [2.45, 2.75) is 32.6 Å². The smallest absolute Gasteiger partial charge is 0.248 e. The molecule has 2 aromatic carbocycles. The lowest BCUT2D eigenvalue weighted by molar-refractivity contribution is -0.111. The number of hydrogen-bond acceptors (Lipinski definition) is 3. The summed E-state index contributed by atoms with van der Waals surface area (Å²) in [5.41, 5.74) is 3.67. The van der Waals surface area contributed by atoms with Crippen LogP contribution in [0.4, 0.5) is 5.69 Å². The van der Waals surface area contributed by atoms with E-state index < -0.39 is 10.0 Å². The number of aryl methyl sites for hydroxylation is 2. The number of rotatable bonds is 7. The number of benzene rings is 2. The molecule has 5 nitrogen and oxygen atoms in total. The summed E-state index contributed by atoms with van der Waals surface area (Å²) in [5.74, 6) is -0.234. The van der Waals surface area contributed by atoms with Crippen molar-refractivity contribution in [3.8, 4) is 0 Å². The highest BCUT2D eigenvalue weighted by molar-refractivity contribution is 7.89. The Bertz CT molecular complexity index is 928. The summed E-state index contributed by atoms with van der Waals surface area (Å²) in [6.45, 7) is 8.43. The molecule has 0 unspecified atom stereocenters. The van der Waals surface area contributed by atoms with E-state index in [0.717, 1.165) is 22.4 Å². The average Bonchev–Trinajstić information content (AvgIpc) is 2.63. The summed E-state index contributed by atoms with van der Waals surface area (Å²) in [6, 6.07) is 12.3.